The Balaban J connectivity index is 1.60. The van der Waals surface area contributed by atoms with Crippen molar-refractivity contribution in [2.45, 2.75) is 13.8 Å². The van der Waals surface area contributed by atoms with Crippen LogP contribution in [0.25, 0.3) is 6.08 Å². The standard InChI is InChI=1S/C24H23NO6/c1-4-28-20-9-7-17(12-22(20)29-5-2)23-25-19(24(26)31-23)11-15-10-16-6-8-18(27-3)13-21(16)30-14-15/h6-13H,4-5,14H2,1-3H3/b19-11-. The van der Waals surface area contributed by atoms with Crippen molar-refractivity contribution in [2.75, 3.05) is 26.9 Å². The summed E-state index contributed by atoms with van der Waals surface area (Å²) in [6.07, 6.45) is 3.64. The lowest BCUT2D eigenvalue weighted by atomic mass is 10.1. The summed E-state index contributed by atoms with van der Waals surface area (Å²) in [6, 6.07) is 10.9. The van der Waals surface area contributed by atoms with E-state index >= 15 is 0 Å². The topological polar surface area (TPSA) is 75.6 Å². The molecular weight excluding hydrogens is 398 g/mol. The van der Waals surface area contributed by atoms with E-state index < -0.39 is 5.97 Å². The van der Waals surface area contributed by atoms with E-state index in [1.54, 1.807) is 31.4 Å². The molecule has 2 aliphatic rings. The van der Waals surface area contributed by atoms with Gasteiger partial charge in [-0.3, -0.25) is 0 Å². The molecule has 4 rings (SSSR count). The van der Waals surface area contributed by atoms with Gasteiger partial charge in [-0.05, 0) is 61.9 Å². The minimum atomic E-state index is -0.511. The summed E-state index contributed by atoms with van der Waals surface area (Å²) in [5.41, 5.74) is 2.57. The van der Waals surface area contributed by atoms with Gasteiger partial charge in [0, 0.05) is 17.2 Å². The highest BCUT2D eigenvalue weighted by molar-refractivity contribution is 6.11. The van der Waals surface area contributed by atoms with Crippen LogP contribution >= 0.6 is 0 Å². The molecule has 0 radical (unpaired) electrons. The van der Waals surface area contributed by atoms with Gasteiger partial charge < -0.3 is 23.7 Å². The Bertz CT molecular complexity index is 1100. The number of methoxy groups -OCH3 is 1. The second-order valence-electron chi connectivity index (χ2n) is 6.78. The van der Waals surface area contributed by atoms with Crippen LogP contribution in [0.15, 0.2) is 58.7 Å². The highest BCUT2D eigenvalue weighted by Gasteiger charge is 2.26. The van der Waals surface area contributed by atoms with Crippen molar-refractivity contribution in [1.82, 2.24) is 0 Å². The predicted octanol–water partition coefficient (Wildman–Crippen LogP) is 4.16. The minimum Gasteiger partial charge on any atom is -0.497 e. The predicted molar refractivity (Wildman–Crippen MR) is 116 cm³/mol. The number of rotatable bonds is 7. The lowest BCUT2D eigenvalue weighted by Gasteiger charge is -2.16. The summed E-state index contributed by atoms with van der Waals surface area (Å²) in [6.45, 7) is 5.13. The minimum absolute atomic E-state index is 0.216. The number of esters is 1. The molecule has 0 aromatic heterocycles. The Morgan fingerprint density at radius 2 is 1.87 bits per heavy atom. The van der Waals surface area contributed by atoms with Gasteiger partial charge in [0.2, 0.25) is 5.90 Å². The van der Waals surface area contributed by atoms with Gasteiger partial charge in [0.05, 0.1) is 20.3 Å². The summed E-state index contributed by atoms with van der Waals surface area (Å²) in [5.74, 6) is 2.38. The number of hydrogen-bond acceptors (Lipinski definition) is 7. The Morgan fingerprint density at radius 1 is 1.06 bits per heavy atom. The van der Waals surface area contributed by atoms with Crippen molar-refractivity contribution < 1.29 is 28.5 Å². The maximum atomic E-state index is 12.4. The zero-order valence-corrected chi connectivity index (χ0v) is 17.6. The van der Waals surface area contributed by atoms with Crippen LogP contribution in [-0.2, 0) is 9.53 Å². The van der Waals surface area contributed by atoms with Gasteiger partial charge in [-0.1, -0.05) is 0 Å². The Hall–Kier alpha value is -3.74. The summed E-state index contributed by atoms with van der Waals surface area (Å²) in [4.78, 5) is 16.8. The molecule has 2 aliphatic heterocycles. The molecule has 0 aliphatic carbocycles. The third-order valence-corrected chi connectivity index (χ3v) is 4.69. The molecule has 31 heavy (non-hydrogen) atoms. The van der Waals surface area contributed by atoms with Crippen LogP contribution in [0.4, 0.5) is 0 Å². The average Bonchev–Trinajstić information content (AvgIpc) is 3.15. The van der Waals surface area contributed by atoms with E-state index in [9.17, 15) is 4.79 Å². The molecule has 0 fully saturated rings. The highest BCUT2D eigenvalue weighted by atomic mass is 16.6. The monoisotopic (exact) mass is 421 g/mol. The first-order valence-corrected chi connectivity index (χ1v) is 10.0. The molecule has 0 atom stereocenters. The number of cyclic esters (lactones) is 1. The number of ether oxygens (including phenoxy) is 5. The molecule has 7 heteroatoms. The van der Waals surface area contributed by atoms with E-state index in [1.165, 1.54) is 0 Å². The summed E-state index contributed by atoms with van der Waals surface area (Å²) < 4.78 is 27.6. The molecule has 0 spiro atoms. The fraction of sp³-hybridized carbons (Fsp3) is 0.250. The van der Waals surface area contributed by atoms with Crippen LogP contribution in [-0.4, -0.2) is 38.8 Å². The number of benzene rings is 2. The zero-order chi connectivity index (χ0) is 21.8. The number of carbonyl (C=O) groups excluding carboxylic acids is 1. The smallest absolute Gasteiger partial charge is 0.363 e. The van der Waals surface area contributed by atoms with E-state index in [4.69, 9.17) is 23.7 Å². The number of fused-ring (bicyclic) bond motifs is 1. The summed E-state index contributed by atoms with van der Waals surface area (Å²) in [5, 5.41) is 0. The fourth-order valence-electron chi connectivity index (χ4n) is 3.26. The van der Waals surface area contributed by atoms with Crippen LogP contribution in [0.3, 0.4) is 0 Å². The van der Waals surface area contributed by atoms with Gasteiger partial charge in [-0.2, -0.15) is 0 Å². The van der Waals surface area contributed by atoms with Crippen molar-refractivity contribution >= 4 is 17.9 Å². The largest absolute Gasteiger partial charge is 0.497 e. The van der Waals surface area contributed by atoms with Gasteiger partial charge >= 0.3 is 5.97 Å². The molecule has 160 valence electrons. The van der Waals surface area contributed by atoms with Crippen LogP contribution in [0.5, 0.6) is 23.0 Å². The average molecular weight is 421 g/mol. The van der Waals surface area contributed by atoms with Crippen LogP contribution < -0.4 is 18.9 Å². The van der Waals surface area contributed by atoms with Crippen molar-refractivity contribution in [3.05, 3.63) is 64.9 Å². The van der Waals surface area contributed by atoms with Crippen molar-refractivity contribution in [3.8, 4) is 23.0 Å². The first-order chi connectivity index (χ1) is 15.1. The zero-order valence-electron chi connectivity index (χ0n) is 17.6. The van der Waals surface area contributed by atoms with Gasteiger partial charge in [-0.25, -0.2) is 9.79 Å². The van der Waals surface area contributed by atoms with Gasteiger partial charge in [0.15, 0.2) is 17.2 Å². The lowest BCUT2D eigenvalue weighted by Crippen LogP contribution is -2.08. The Morgan fingerprint density at radius 3 is 2.65 bits per heavy atom. The van der Waals surface area contributed by atoms with E-state index in [1.807, 2.05) is 38.1 Å². The molecule has 0 N–H and O–H groups in total. The third kappa shape index (κ3) is 4.40. The first-order valence-electron chi connectivity index (χ1n) is 10.0. The van der Waals surface area contributed by atoms with Crippen LogP contribution in [0.1, 0.15) is 25.0 Å². The Kier molecular flexibility index (Phi) is 5.93. The van der Waals surface area contributed by atoms with Crippen LogP contribution in [0, 0.1) is 0 Å². The molecule has 2 aromatic rings. The summed E-state index contributed by atoms with van der Waals surface area (Å²) >= 11 is 0. The molecule has 0 saturated carbocycles. The highest BCUT2D eigenvalue weighted by Crippen LogP contribution is 2.32. The first kappa shape index (κ1) is 20.5. The maximum Gasteiger partial charge on any atom is 0.363 e. The van der Waals surface area contributed by atoms with Crippen LogP contribution in [0.2, 0.25) is 0 Å². The fourth-order valence-corrected chi connectivity index (χ4v) is 3.26. The van der Waals surface area contributed by atoms with Gasteiger partial charge in [-0.15, -0.1) is 0 Å². The van der Waals surface area contributed by atoms with E-state index in [2.05, 4.69) is 4.99 Å². The lowest BCUT2D eigenvalue weighted by molar-refractivity contribution is -0.130. The molecule has 0 unspecified atom stereocenters. The molecular formula is C24H23NO6. The maximum absolute atomic E-state index is 12.4. The molecule has 2 heterocycles. The van der Waals surface area contributed by atoms with E-state index in [0.717, 1.165) is 22.6 Å². The molecule has 7 nitrogen and oxygen atoms in total. The third-order valence-electron chi connectivity index (χ3n) is 4.69. The number of hydrogen-bond donors (Lipinski definition) is 0. The normalized spacial score (nSPS) is 16.1. The number of nitrogens with zero attached hydrogens (tertiary/aromatic N) is 1. The van der Waals surface area contributed by atoms with Crippen molar-refractivity contribution in [1.29, 1.82) is 0 Å². The van der Waals surface area contributed by atoms with E-state index in [0.29, 0.717) is 36.9 Å². The quantitative estimate of drug-likeness (QED) is 0.494. The molecule has 0 saturated heterocycles. The second kappa shape index (κ2) is 8.95. The second-order valence-corrected chi connectivity index (χ2v) is 6.78. The number of aliphatic imine (C=N–C) groups is 1. The van der Waals surface area contributed by atoms with Gasteiger partial charge in [0.1, 0.15) is 18.1 Å². The molecule has 0 amide bonds. The summed E-state index contributed by atoms with van der Waals surface area (Å²) in [7, 11) is 1.61. The van der Waals surface area contributed by atoms with Crippen molar-refractivity contribution in [2.24, 2.45) is 4.99 Å². The molecule has 2 aromatic carbocycles. The van der Waals surface area contributed by atoms with Crippen molar-refractivity contribution in [3.63, 3.8) is 0 Å². The van der Waals surface area contributed by atoms with E-state index in [-0.39, 0.29) is 11.6 Å². The number of carbonyl (C=O) groups is 1. The SMILES string of the molecule is CCOc1ccc(C2=N/C(=C\C3=Cc4ccc(OC)cc4OC3)C(=O)O2)cc1OCC. The van der Waals surface area contributed by atoms with Gasteiger partial charge in [0.25, 0.3) is 0 Å². The molecule has 0 bridgehead atoms. The Labute approximate surface area is 180 Å².